The van der Waals surface area contributed by atoms with Crippen LogP contribution in [0.15, 0.2) is 24.3 Å². The molecule has 22 heavy (non-hydrogen) atoms. The Balaban J connectivity index is 2.74. The third-order valence-corrected chi connectivity index (χ3v) is 2.66. The second kappa shape index (κ2) is 7.15. The van der Waals surface area contributed by atoms with Gasteiger partial charge in [-0.3, -0.25) is 4.79 Å². The number of carboxylic acids is 1. The molecule has 0 saturated heterocycles. The summed E-state index contributed by atoms with van der Waals surface area (Å²) in [5.41, 5.74) is 0.0459. The number of alkyl halides is 3. The Bertz CT molecular complexity index is 526. The third-order valence-electron chi connectivity index (χ3n) is 2.66. The molecule has 0 aliphatic carbocycles. The quantitative estimate of drug-likeness (QED) is 0.845. The Morgan fingerprint density at radius 2 is 1.77 bits per heavy atom. The van der Waals surface area contributed by atoms with Gasteiger partial charge in [0.25, 0.3) is 5.91 Å². The number of hydrogen-bond acceptors (Lipinski definition) is 3. The smallest absolute Gasteiger partial charge is 0.480 e. The van der Waals surface area contributed by atoms with Gasteiger partial charge in [-0.1, -0.05) is 13.8 Å². The van der Waals surface area contributed by atoms with E-state index in [1.165, 1.54) is 0 Å². The highest BCUT2D eigenvalue weighted by atomic mass is 19.4. The molecule has 1 aromatic carbocycles. The van der Waals surface area contributed by atoms with Crippen molar-refractivity contribution in [1.29, 1.82) is 0 Å². The van der Waals surface area contributed by atoms with Crippen LogP contribution in [0, 0.1) is 5.92 Å². The van der Waals surface area contributed by atoms with Crippen LogP contribution < -0.4 is 10.1 Å². The van der Waals surface area contributed by atoms with Crippen molar-refractivity contribution >= 4 is 11.9 Å². The fraction of sp³-hybridized carbons (Fsp3) is 0.429. The van der Waals surface area contributed by atoms with Crippen LogP contribution in [0.5, 0.6) is 5.75 Å². The van der Waals surface area contributed by atoms with E-state index in [0.717, 1.165) is 24.3 Å². The summed E-state index contributed by atoms with van der Waals surface area (Å²) in [5.74, 6) is -2.24. The molecule has 0 bridgehead atoms. The maximum Gasteiger partial charge on any atom is 0.573 e. The number of halogens is 3. The molecule has 0 unspecified atom stereocenters. The lowest BCUT2D eigenvalue weighted by molar-refractivity contribution is -0.274. The zero-order valence-electron chi connectivity index (χ0n) is 12.0. The molecule has 122 valence electrons. The minimum absolute atomic E-state index is 0.0459. The molecule has 0 aliphatic heterocycles. The van der Waals surface area contributed by atoms with Gasteiger partial charge in [0.15, 0.2) is 0 Å². The molecule has 1 rings (SSSR count). The van der Waals surface area contributed by atoms with Crippen LogP contribution in [-0.4, -0.2) is 29.4 Å². The summed E-state index contributed by atoms with van der Waals surface area (Å²) < 4.78 is 39.7. The summed E-state index contributed by atoms with van der Waals surface area (Å²) in [6.07, 6.45) is -4.56. The van der Waals surface area contributed by atoms with Gasteiger partial charge in [-0.2, -0.15) is 0 Å². The Morgan fingerprint density at radius 3 is 2.18 bits per heavy atom. The first-order valence-electron chi connectivity index (χ1n) is 6.48. The second-order valence-electron chi connectivity index (χ2n) is 5.07. The number of rotatable bonds is 6. The lowest BCUT2D eigenvalue weighted by atomic mass is 10.0. The normalized spacial score (nSPS) is 12.8. The maximum atomic E-state index is 12.0. The maximum absolute atomic E-state index is 12.0. The lowest BCUT2D eigenvalue weighted by Gasteiger charge is -2.16. The first-order chi connectivity index (χ1) is 10.1. The van der Waals surface area contributed by atoms with Crippen LogP contribution in [-0.2, 0) is 4.79 Å². The number of benzene rings is 1. The summed E-state index contributed by atoms with van der Waals surface area (Å²) in [7, 11) is 0. The van der Waals surface area contributed by atoms with E-state index in [9.17, 15) is 22.8 Å². The van der Waals surface area contributed by atoms with Crippen molar-refractivity contribution in [2.45, 2.75) is 32.7 Å². The molecular formula is C14H16F3NO4. The second-order valence-corrected chi connectivity index (χ2v) is 5.07. The highest BCUT2D eigenvalue weighted by molar-refractivity contribution is 5.96. The van der Waals surface area contributed by atoms with Crippen LogP contribution in [0.2, 0.25) is 0 Å². The van der Waals surface area contributed by atoms with E-state index >= 15 is 0 Å². The van der Waals surface area contributed by atoms with Gasteiger partial charge in [0.05, 0.1) is 0 Å². The summed E-state index contributed by atoms with van der Waals surface area (Å²) in [5, 5.41) is 11.4. The minimum Gasteiger partial charge on any atom is -0.480 e. The fourth-order valence-corrected chi connectivity index (χ4v) is 1.74. The monoisotopic (exact) mass is 319 g/mol. The van der Waals surface area contributed by atoms with Gasteiger partial charge in [-0.05, 0) is 36.6 Å². The zero-order chi connectivity index (χ0) is 16.9. The number of hydrogen-bond donors (Lipinski definition) is 2. The average molecular weight is 319 g/mol. The van der Waals surface area contributed by atoms with E-state index in [2.05, 4.69) is 10.1 Å². The Labute approximate surface area is 125 Å². The number of carboxylic acid groups (broad SMARTS) is 1. The van der Waals surface area contributed by atoms with Crippen molar-refractivity contribution in [3.05, 3.63) is 29.8 Å². The molecule has 0 saturated carbocycles. The number of ether oxygens (including phenoxy) is 1. The molecule has 5 nitrogen and oxygen atoms in total. The molecule has 1 atom stereocenters. The van der Waals surface area contributed by atoms with E-state index in [4.69, 9.17) is 5.11 Å². The van der Waals surface area contributed by atoms with Crippen LogP contribution >= 0.6 is 0 Å². The largest absolute Gasteiger partial charge is 0.573 e. The minimum atomic E-state index is -4.81. The van der Waals surface area contributed by atoms with Crippen LogP contribution in [0.3, 0.4) is 0 Å². The highest BCUT2D eigenvalue weighted by Gasteiger charge is 2.31. The zero-order valence-corrected chi connectivity index (χ0v) is 12.0. The molecule has 0 spiro atoms. The Hall–Kier alpha value is -2.25. The predicted molar refractivity (Wildman–Crippen MR) is 71.5 cm³/mol. The van der Waals surface area contributed by atoms with E-state index in [1.807, 2.05) is 13.8 Å². The summed E-state index contributed by atoms with van der Waals surface area (Å²) in [4.78, 5) is 23.0. The third kappa shape index (κ3) is 6.02. The highest BCUT2D eigenvalue weighted by Crippen LogP contribution is 2.22. The number of carbonyl (C=O) groups excluding carboxylic acids is 1. The van der Waals surface area contributed by atoms with Gasteiger partial charge in [0.1, 0.15) is 11.8 Å². The summed E-state index contributed by atoms with van der Waals surface area (Å²) in [6.45, 7) is 3.62. The molecule has 8 heteroatoms. The summed E-state index contributed by atoms with van der Waals surface area (Å²) in [6, 6.07) is 3.18. The van der Waals surface area contributed by atoms with Crippen molar-refractivity contribution in [2.75, 3.05) is 0 Å². The van der Waals surface area contributed by atoms with E-state index < -0.39 is 30.0 Å². The van der Waals surface area contributed by atoms with Gasteiger partial charge in [-0.25, -0.2) is 4.79 Å². The van der Waals surface area contributed by atoms with E-state index in [0.29, 0.717) is 0 Å². The van der Waals surface area contributed by atoms with Gasteiger partial charge in [0, 0.05) is 5.56 Å². The molecule has 0 aromatic heterocycles. The SMILES string of the molecule is CC(C)C[C@H](NC(=O)c1ccc(OC(F)(F)F)cc1)C(=O)O. The van der Waals surface area contributed by atoms with Gasteiger partial charge in [0.2, 0.25) is 0 Å². The molecule has 0 aliphatic rings. The first-order valence-corrected chi connectivity index (χ1v) is 6.48. The van der Waals surface area contributed by atoms with Crippen molar-refractivity contribution < 1.29 is 32.6 Å². The molecule has 2 N–H and O–H groups in total. The van der Waals surface area contributed by atoms with Crippen LogP contribution in [0.4, 0.5) is 13.2 Å². The summed E-state index contributed by atoms with van der Waals surface area (Å²) >= 11 is 0. The van der Waals surface area contributed by atoms with Crippen LogP contribution in [0.25, 0.3) is 0 Å². The molecular weight excluding hydrogens is 303 g/mol. The average Bonchev–Trinajstić information content (AvgIpc) is 2.36. The Kier molecular flexibility index (Phi) is 5.78. The predicted octanol–water partition coefficient (Wildman–Crippen LogP) is 2.81. The molecule has 1 amide bonds. The van der Waals surface area contributed by atoms with E-state index in [1.54, 1.807) is 0 Å². The van der Waals surface area contributed by atoms with Crippen molar-refractivity contribution in [1.82, 2.24) is 5.32 Å². The standard InChI is InChI=1S/C14H16F3NO4/c1-8(2)7-11(13(20)21)18-12(19)9-3-5-10(6-4-9)22-14(15,16)17/h3-6,8,11H,7H2,1-2H3,(H,18,19)(H,20,21)/t11-/m0/s1. The van der Waals surface area contributed by atoms with Crippen molar-refractivity contribution in [2.24, 2.45) is 5.92 Å². The van der Waals surface area contributed by atoms with E-state index in [-0.39, 0.29) is 17.9 Å². The van der Waals surface area contributed by atoms with Gasteiger partial charge >= 0.3 is 12.3 Å². The fourth-order valence-electron chi connectivity index (χ4n) is 1.74. The number of amides is 1. The topological polar surface area (TPSA) is 75.6 Å². The Morgan fingerprint density at radius 1 is 1.23 bits per heavy atom. The first kappa shape index (κ1) is 17.8. The van der Waals surface area contributed by atoms with Crippen LogP contribution in [0.1, 0.15) is 30.6 Å². The van der Waals surface area contributed by atoms with Crippen molar-refractivity contribution in [3.8, 4) is 5.75 Å². The van der Waals surface area contributed by atoms with Gasteiger partial charge < -0.3 is 15.2 Å². The molecule has 0 heterocycles. The molecule has 0 radical (unpaired) electrons. The lowest BCUT2D eigenvalue weighted by Crippen LogP contribution is -2.41. The molecule has 1 aromatic rings. The number of nitrogens with one attached hydrogen (secondary N) is 1. The van der Waals surface area contributed by atoms with Gasteiger partial charge in [-0.15, -0.1) is 13.2 Å². The number of carbonyl (C=O) groups is 2. The van der Waals surface area contributed by atoms with Crippen molar-refractivity contribution in [3.63, 3.8) is 0 Å². The molecule has 0 fully saturated rings. The number of aliphatic carboxylic acids is 1.